The highest BCUT2D eigenvalue weighted by atomic mass is 32.2. The van der Waals surface area contributed by atoms with Crippen molar-refractivity contribution in [1.82, 2.24) is 5.32 Å². The Balaban J connectivity index is 1.76. The molecule has 1 aromatic rings. The number of hydrogen-bond acceptors (Lipinski definition) is 3. The van der Waals surface area contributed by atoms with Crippen LogP contribution in [0, 0.1) is 5.92 Å². The minimum atomic E-state index is -2.89. The Bertz CT molecular complexity index is 510. The van der Waals surface area contributed by atoms with Crippen LogP contribution in [-0.4, -0.2) is 25.8 Å². The number of sulfone groups is 1. The lowest BCUT2D eigenvalue weighted by Crippen LogP contribution is -2.25. The Morgan fingerprint density at radius 1 is 1.28 bits per heavy atom. The topological polar surface area (TPSA) is 63.2 Å². The summed E-state index contributed by atoms with van der Waals surface area (Å²) in [6.45, 7) is 0.499. The molecule has 0 saturated carbocycles. The van der Waals surface area contributed by atoms with Crippen molar-refractivity contribution >= 4 is 15.7 Å². The third-order valence-corrected chi connectivity index (χ3v) is 4.97. The summed E-state index contributed by atoms with van der Waals surface area (Å²) in [6, 6.07) is 9.66. The highest BCUT2D eigenvalue weighted by Gasteiger charge is 2.29. The molecule has 0 radical (unpaired) electrons. The zero-order valence-electron chi connectivity index (χ0n) is 10.1. The van der Waals surface area contributed by atoms with Crippen molar-refractivity contribution in [3.05, 3.63) is 35.9 Å². The van der Waals surface area contributed by atoms with Crippen molar-refractivity contribution in [2.45, 2.75) is 19.4 Å². The molecule has 0 bridgehead atoms. The average molecular weight is 267 g/mol. The SMILES string of the molecule is O=C(CC1CCS(=O)(=O)C1)NCc1ccccc1. The molecule has 18 heavy (non-hydrogen) atoms. The Morgan fingerprint density at radius 3 is 2.61 bits per heavy atom. The van der Waals surface area contributed by atoms with Crippen LogP contribution in [0.5, 0.6) is 0 Å². The van der Waals surface area contributed by atoms with Gasteiger partial charge in [-0.3, -0.25) is 4.79 Å². The van der Waals surface area contributed by atoms with Crippen molar-refractivity contribution in [3.8, 4) is 0 Å². The van der Waals surface area contributed by atoms with Gasteiger partial charge in [0, 0.05) is 13.0 Å². The maximum Gasteiger partial charge on any atom is 0.220 e. The van der Waals surface area contributed by atoms with E-state index in [1.54, 1.807) is 0 Å². The summed E-state index contributed by atoms with van der Waals surface area (Å²) in [4.78, 5) is 11.7. The van der Waals surface area contributed by atoms with Gasteiger partial charge < -0.3 is 5.32 Å². The van der Waals surface area contributed by atoms with E-state index in [1.807, 2.05) is 30.3 Å². The first-order chi connectivity index (χ1) is 8.55. The molecule has 0 spiro atoms. The fraction of sp³-hybridized carbons (Fsp3) is 0.462. The van der Waals surface area contributed by atoms with Crippen molar-refractivity contribution < 1.29 is 13.2 Å². The van der Waals surface area contributed by atoms with E-state index in [-0.39, 0.29) is 23.3 Å². The summed E-state index contributed by atoms with van der Waals surface area (Å²) >= 11 is 0. The largest absolute Gasteiger partial charge is 0.352 e. The summed E-state index contributed by atoms with van der Waals surface area (Å²) in [6.07, 6.45) is 0.924. The van der Waals surface area contributed by atoms with E-state index in [0.717, 1.165) is 5.56 Å². The van der Waals surface area contributed by atoms with E-state index in [4.69, 9.17) is 0 Å². The molecule has 1 saturated heterocycles. The van der Waals surface area contributed by atoms with E-state index in [2.05, 4.69) is 5.32 Å². The van der Waals surface area contributed by atoms with Gasteiger partial charge in [0.25, 0.3) is 0 Å². The summed E-state index contributed by atoms with van der Waals surface area (Å²) in [7, 11) is -2.89. The second-order valence-electron chi connectivity index (χ2n) is 4.74. The molecule has 0 aromatic heterocycles. The number of nitrogens with one attached hydrogen (secondary N) is 1. The predicted molar refractivity (Wildman–Crippen MR) is 69.7 cm³/mol. The van der Waals surface area contributed by atoms with E-state index in [1.165, 1.54) is 0 Å². The molecule has 5 heteroatoms. The molecule has 1 aliphatic rings. The van der Waals surface area contributed by atoms with Crippen LogP contribution in [0.4, 0.5) is 0 Å². The van der Waals surface area contributed by atoms with Gasteiger partial charge in [0.2, 0.25) is 5.91 Å². The Morgan fingerprint density at radius 2 is 2.00 bits per heavy atom. The molecular formula is C13H17NO3S. The molecule has 1 aliphatic heterocycles. The van der Waals surface area contributed by atoms with Crippen molar-refractivity contribution in [2.24, 2.45) is 5.92 Å². The van der Waals surface area contributed by atoms with Crippen LogP contribution in [0.2, 0.25) is 0 Å². The molecule has 1 fully saturated rings. The second kappa shape index (κ2) is 5.52. The van der Waals surface area contributed by atoms with Crippen LogP contribution in [0.3, 0.4) is 0 Å². The molecule has 0 aliphatic carbocycles. The van der Waals surface area contributed by atoms with Crippen LogP contribution in [0.1, 0.15) is 18.4 Å². The van der Waals surface area contributed by atoms with Crippen molar-refractivity contribution in [2.75, 3.05) is 11.5 Å². The molecular weight excluding hydrogens is 250 g/mol. The zero-order chi connectivity index (χ0) is 13.0. The lowest BCUT2D eigenvalue weighted by Gasteiger charge is -2.08. The third kappa shape index (κ3) is 3.84. The van der Waals surface area contributed by atoms with Gasteiger partial charge in [-0.25, -0.2) is 8.42 Å². The van der Waals surface area contributed by atoms with Gasteiger partial charge in [0.15, 0.2) is 9.84 Å². The number of carbonyl (C=O) groups is 1. The fourth-order valence-electron chi connectivity index (χ4n) is 2.16. The summed E-state index contributed by atoms with van der Waals surface area (Å²) in [5.74, 6) is 0.307. The van der Waals surface area contributed by atoms with Gasteiger partial charge in [-0.05, 0) is 17.9 Å². The zero-order valence-corrected chi connectivity index (χ0v) is 10.9. The predicted octanol–water partition coefficient (Wildman–Crippen LogP) is 1.13. The Labute approximate surface area is 107 Å². The summed E-state index contributed by atoms with van der Waals surface area (Å²) in [5, 5.41) is 2.82. The van der Waals surface area contributed by atoms with Crippen molar-refractivity contribution in [3.63, 3.8) is 0 Å². The van der Waals surface area contributed by atoms with Gasteiger partial charge in [-0.15, -0.1) is 0 Å². The first kappa shape index (κ1) is 13.1. The second-order valence-corrected chi connectivity index (χ2v) is 6.96. The third-order valence-electron chi connectivity index (χ3n) is 3.13. The highest BCUT2D eigenvalue weighted by Crippen LogP contribution is 2.21. The van der Waals surface area contributed by atoms with Crippen molar-refractivity contribution in [1.29, 1.82) is 0 Å². The first-order valence-corrected chi connectivity index (χ1v) is 7.88. The smallest absolute Gasteiger partial charge is 0.220 e. The number of benzene rings is 1. The Hall–Kier alpha value is -1.36. The van der Waals surface area contributed by atoms with E-state index >= 15 is 0 Å². The minimum Gasteiger partial charge on any atom is -0.352 e. The molecule has 1 amide bonds. The number of amides is 1. The lowest BCUT2D eigenvalue weighted by molar-refractivity contribution is -0.122. The molecule has 98 valence electrons. The lowest BCUT2D eigenvalue weighted by atomic mass is 10.1. The monoisotopic (exact) mass is 267 g/mol. The summed E-state index contributed by atoms with van der Waals surface area (Å²) < 4.78 is 22.5. The van der Waals surface area contributed by atoms with Gasteiger partial charge in [0.05, 0.1) is 11.5 Å². The van der Waals surface area contributed by atoms with Gasteiger partial charge in [0.1, 0.15) is 0 Å². The van der Waals surface area contributed by atoms with E-state index < -0.39 is 9.84 Å². The van der Waals surface area contributed by atoms with Gasteiger partial charge >= 0.3 is 0 Å². The molecule has 1 unspecified atom stereocenters. The van der Waals surface area contributed by atoms with Crippen LogP contribution in [0.15, 0.2) is 30.3 Å². The average Bonchev–Trinajstić information content (AvgIpc) is 2.67. The maximum atomic E-state index is 11.7. The van der Waals surface area contributed by atoms with E-state index in [9.17, 15) is 13.2 Å². The molecule has 1 N–H and O–H groups in total. The molecule has 1 atom stereocenters. The quantitative estimate of drug-likeness (QED) is 0.889. The van der Waals surface area contributed by atoms with Crippen LogP contribution in [0.25, 0.3) is 0 Å². The molecule has 1 heterocycles. The fourth-order valence-corrected chi connectivity index (χ4v) is 4.03. The maximum absolute atomic E-state index is 11.7. The van der Waals surface area contributed by atoms with Crippen LogP contribution >= 0.6 is 0 Å². The van der Waals surface area contributed by atoms with Gasteiger partial charge in [-0.1, -0.05) is 30.3 Å². The normalized spacial score (nSPS) is 21.7. The number of hydrogen-bond donors (Lipinski definition) is 1. The van der Waals surface area contributed by atoms with Crippen LogP contribution < -0.4 is 5.32 Å². The molecule has 2 rings (SSSR count). The summed E-state index contributed by atoms with van der Waals surface area (Å²) in [5.41, 5.74) is 1.05. The van der Waals surface area contributed by atoms with Gasteiger partial charge in [-0.2, -0.15) is 0 Å². The minimum absolute atomic E-state index is 0.00854. The number of carbonyl (C=O) groups excluding carboxylic acids is 1. The van der Waals surface area contributed by atoms with E-state index in [0.29, 0.717) is 19.4 Å². The Kier molecular flexibility index (Phi) is 4.01. The molecule has 1 aromatic carbocycles. The first-order valence-electron chi connectivity index (χ1n) is 6.06. The standard InChI is InChI=1S/C13H17NO3S/c15-13(8-12-6-7-18(16,17)10-12)14-9-11-4-2-1-3-5-11/h1-5,12H,6-10H2,(H,14,15). The highest BCUT2D eigenvalue weighted by molar-refractivity contribution is 7.91. The number of rotatable bonds is 4. The van der Waals surface area contributed by atoms with Crippen LogP contribution in [-0.2, 0) is 21.2 Å². The molecule has 4 nitrogen and oxygen atoms in total.